The smallest absolute Gasteiger partial charge is 0.371 e. The number of hydrogen-bond donors (Lipinski definition) is 0. The lowest BCUT2D eigenvalue weighted by atomic mass is 10.1. The maximum Gasteiger partial charge on any atom is 0.384 e. The van der Waals surface area contributed by atoms with Gasteiger partial charge >= 0.3 is 12.4 Å². The van der Waals surface area contributed by atoms with E-state index < -0.39 is 0 Å². The number of rotatable bonds is 5. The van der Waals surface area contributed by atoms with E-state index in [2.05, 4.69) is 11.8 Å². The van der Waals surface area contributed by atoms with Crippen molar-refractivity contribution < 1.29 is 4.58 Å². The number of aryl methyl sites for hydroxylation is 1. The zero-order valence-electron chi connectivity index (χ0n) is 11.1. The van der Waals surface area contributed by atoms with Crippen molar-refractivity contribution in [2.45, 2.75) is 13.8 Å². The van der Waals surface area contributed by atoms with Crippen LogP contribution in [0.2, 0.25) is 0 Å². The predicted octanol–water partition coefficient (Wildman–Crippen LogP) is 2.45. The topological polar surface area (TPSA) is 53.8 Å². The van der Waals surface area contributed by atoms with Crippen LogP contribution in [0.5, 0.6) is 0 Å². The number of anilines is 1. The van der Waals surface area contributed by atoms with E-state index in [1.165, 1.54) is 6.21 Å². The van der Waals surface area contributed by atoms with Crippen LogP contribution in [0.25, 0.3) is 0 Å². The highest BCUT2D eigenvalue weighted by molar-refractivity contribution is 6.18. The summed E-state index contributed by atoms with van der Waals surface area (Å²) < 4.78 is 0.929. The van der Waals surface area contributed by atoms with Crippen LogP contribution in [0, 0.1) is 29.8 Å². The summed E-state index contributed by atoms with van der Waals surface area (Å²) in [7, 11) is 0. The Morgan fingerprint density at radius 2 is 2.05 bits per heavy atom. The highest BCUT2D eigenvalue weighted by Gasteiger charge is 2.07. The van der Waals surface area contributed by atoms with Crippen molar-refractivity contribution in [1.29, 1.82) is 10.5 Å². The second-order valence-corrected chi connectivity index (χ2v) is 4.39. The minimum atomic E-state index is 0.581. The summed E-state index contributed by atoms with van der Waals surface area (Å²) in [4.78, 5) is 2.18. The van der Waals surface area contributed by atoms with Crippen molar-refractivity contribution >= 4 is 23.5 Å². The molecule has 0 saturated carbocycles. The standard InChI is InChI=1S/C14H16ClN4/c1-3-19(7-6-15)14-5-4-13(12(2)8-14)9-18(10-16)11-17/h4-5,8-9H,3,6-7H2,1-2H3/q+1. The summed E-state index contributed by atoms with van der Waals surface area (Å²) >= 11 is 5.78. The van der Waals surface area contributed by atoms with Crippen molar-refractivity contribution in [3.8, 4) is 12.4 Å². The number of nitriles is 2. The highest BCUT2D eigenvalue weighted by Crippen LogP contribution is 2.18. The van der Waals surface area contributed by atoms with Crippen LogP contribution in [-0.2, 0) is 0 Å². The largest absolute Gasteiger partial charge is 0.384 e. The molecule has 0 N–H and O–H groups in total. The Kier molecular flexibility index (Phi) is 5.85. The van der Waals surface area contributed by atoms with Crippen molar-refractivity contribution in [2.75, 3.05) is 23.9 Å². The Balaban J connectivity index is 3.08. The summed E-state index contributed by atoms with van der Waals surface area (Å²) in [6.07, 6.45) is 5.09. The van der Waals surface area contributed by atoms with Crippen molar-refractivity contribution in [2.24, 2.45) is 0 Å². The number of alkyl halides is 1. The lowest BCUT2D eigenvalue weighted by Crippen LogP contribution is -2.24. The maximum atomic E-state index is 8.73. The van der Waals surface area contributed by atoms with E-state index in [9.17, 15) is 0 Å². The summed E-state index contributed by atoms with van der Waals surface area (Å²) in [5, 5.41) is 17.5. The number of benzene rings is 1. The number of halogens is 1. The molecular weight excluding hydrogens is 260 g/mol. The third kappa shape index (κ3) is 3.98. The zero-order valence-corrected chi connectivity index (χ0v) is 11.9. The average molecular weight is 276 g/mol. The van der Waals surface area contributed by atoms with Crippen molar-refractivity contribution in [3.63, 3.8) is 0 Å². The first kappa shape index (κ1) is 15.0. The molecule has 1 rings (SSSR count). The third-order valence-corrected chi connectivity index (χ3v) is 3.01. The molecule has 0 aliphatic rings. The van der Waals surface area contributed by atoms with Gasteiger partial charge in [-0.3, -0.25) is 0 Å². The van der Waals surface area contributed by atoms with E-state index in [0.29, 0.717) is 5.88 Å². The zero-order chi connectivity index (χ0) is 14.3. The van der Waals surface area contributed by atoms with Gasteiger partial charge in [-0.05, 0) is 37.6 Å². The first-order valence-electron chi connectivity index (χ1n) is 6.01. The van der Waals surface area contributed by atoms with Gasteiger partial charge in [-0.1, -0.05) is 4.58 Å². The van der Waals surface area contributed by atoms with Gasteiger partial charge in [-0.15, -0.1) is 11.6 Å². The molecule has 1 aromatic carbocycles. The molecule has 19 heavy (non-hydrogen) atoms. The van der Waals surface area contributed by atoms with Gasteiger partial charge in [0.05, 0.1) is 6.21 Å². The number of nitrogens with zero attached hydrogens (tertiary/aromatic N) is 4. The molecule has 0 unspecified atom stereocenters. The fourth-order valence-corrected chi connectivity index (χ4v) is 2.00. The Labute approximate surface area is 118 Å². The Bertz CT molecular complexity index is 536. The highest BCUT2D eigenvalue weighted by atomic mass is 35.5. The lowest BCUT2D eigenvalue weighted by Gasteiger charge is -2.22. The number of hydrogen-bond acceptors (Lipinski definition) is 3. The lowest BCUT2D eigenvalue weighted by molar-refractivity contribution is -0.331. The molecule has 0 heterocycles. The molecule has 0 bridgehead atoms. The van der Waals surface area contributed by atoms with E-state index in [0.717, 1.165) is 34.5 Å². The van der Waals surface area contributed by atoms with Crippen LogP contribution in [0.4, 0.5) is 5.69 Å². The van der Waals surface area contributed by atoms with Crippen molar-refractivity contribution in [1.82, 2.24) is 0 Å². The molecule has 0 radical (unpaired) electrons. The van der Waals surface area contributed by atoms with E-state index >= 15 is 0 Å². The van der Waals surface area contributed by atoms with Gasteiger partial charge in [0, 0.05) is 40.7 Å². The molecule has 0 atom stereocenters. The van der Waals surface area contributed by atoms with E-state index in [1.54, 1.807) is 12.4 Å². The van der Waals surface area contributed by atoms with Crippen LogP contribution in [0.3, 0.4) is 0 Å². The molecule has 98 valence electrons. The fraction of sp³-hybridized carbons (Fsp3) is 0.357. The third-order valence-electron chi connectivity index (χ3n) is 2.84. The van der Waals surface area contributed by atoms with Gasteiger partial charge in [0.15, 0.2) is 0 Å². The van der Waals surface area contributed by atoms with Gasteiger partial charge in [0.25, 0.3) is 0 Å². The first-order valence-corrected chi connectivity index (χ1v) is 6.54. The summed E-state index contributed by atoms with van der Waals surface area (Å²) in [5.74, 6) is 0.581. The van der Waals surface area contributed by atoms with E-state index in [1.807, 2.05) is 25.1 Å². The SMILES string of the molecule is CCN(CCCl)c1ccc(C=[N+](C#N)C#N)c(C)c1. The summed E-state index contributed by atoms with van der Waals surface area (Å²) in [6, 6.07) is 5.92. The molecule has 1 aromatic rings. The molecule has 0 fully saturated rings. The second-order valence-electron chi connectivity index (χ2n) is 4.01. The van der Waals surface area contributed by atoms with Gasteiger partial charge < -0.3 is 4.90 Å². The molecule has 0 aliphatic carbocycles. The normalized spacial score (nSPS) is 9.32. The summed E-state index contributed by atoms with van der Waals surface area (Å²) in [5.41, 5.74) is 2.97. The monoisotopic (exact) mass is 275 g/mol. The predicted molar refractivity (Wildman–Crippen MR) is 76.4 cm³/mol. The second kappa shape index (κ2) is 7.41. The van der Waals surface area contributed by atoms with Gasteiger partial charge in [-0.25, -0.2) is 0 Å². The molecular formula is C14H16ClN4+. The van der Waals surface area contributed by atoms with Gasteiger partial charge in [0.1, 0.15) is 0 Å². The van der Waals surface area contributed by atoms with Crippen LogP contribution in [0.1, 0.15) is 18.1 Å². The minimum Gasteiger partial charge on any atom is -0.371 e. The van der Waals surface area contributed by atoms with Crippen LogP contribution >= 0.6 is 11.6 Å². The maximum absolute atomic E-state index is 8.73. The molecule has 0 amide bonds. The fourth-order valence-electron chi connectivity index (χ4n) is 1.79. The molecule has 0 spiro atoms. The van der Waals surface area contributed by atoms with Gasteiger partial charge in [0.2, 0.25) is 0 Å². The molecule has 4 nitrogen and oxygen atoms in total. The van der Waals surface area contributed by atoms with Crippen LogP contribution in [-0.4, -0.2) is 29.8 Å². The Morgan fingerprint density at radius 1 is 1.37 bits per heavy atom. The molecule has 0 aliphatic heterocycles. The Morgan fingerprint density at radius 3 is 2.53 bits per heavy atom. The van der Waals surface area contributed by atoms with Crippen molar-refractivity contribution in [3.05, 3.63) is 29.3 Å². The quantitative estimate of drug-likeness (QED) is 0.273. The molecule has 5 heteroatoms. The summed E-state index contributed by atoms with van der Waals surface area (Å²) in [6.45, 7) is 5.71. The molecule has 0 saturated heterocycles. The van der Waals surface area contributed by atoms with E-state index in [4.69, 9.17) is 22.1 Å². The average Bonchev–Trinajstić information content (AvgIpc) is 2.43. The van der Waals surface area contributed by atoms with Gasteiger partial charge in [-0.2, -0.15) is 0 Å². The Hall–Kier alpha value is -2.04. The molecule has 0 aromatic heterocycles. The first-order chi connectivity index (χ1) is 9.15. The van der Waals surface area contributed by atoms with Crippen LogP contribution < -0.4 is 4.90 Å². The van der Waals surface area contributed by atoms with E-state index in [-0.39, 0.29) is 0 Å². The van der Waals surface area contributed by atoms with Crippen LogP contribution in [0.15, 0.2) is 18.2 Å². The minimum absolute atomic E-state index is 0.581.